The molecule has 11 heteroatoms. The molecule has 1 aromatic heterocycles. The molecule has 0 unspecified atom stereocenters. The molecule has 0 fully saturated rings. The van der Waals surface area contributed by atoms with Crippen LogP contribution in [-0.4, -0.2) is 34.3 Å². The molecule has 1 N–H and O–H groups in total. The van der Waals surface area contributed by atoms with Gasteiger partial charge in [0.15, 0.2) is 6.61 Å². The summed E-state index contributed by atoms with van der Waals surface area (Å²) >= 11 is 7.01. The van der Waals surface area contributed by atoms with Crippen molar-refractivity contribution in [2.24, 2.45) is 0 Å². The summed E-state index contributed by atoms with van der Waals surface area (Å²) in [4.78, 5) is 33.7. The molecule has 1 heterocycles. The average Bonchev–Trinajstić information content (AvgIpc) is 2.93. The molecule has 0 saturated heterocycles. The maximum absolute atomic E-state index is 11.8. The van der Waals surface area contributed by atoms with Crippen molar-refractivity contribution in [3.05, 3.63) is 50.4 Å². The lowest BCUT2D eigenvalue weighted by molar-refractivity contribution is -0.384. The van der Waals surface area contributed by atoms with E-state index in [1.807, 2.05) is 6.92 Å². The van der Waals surface area contributed by atoms with E-state index in [1.54, 1.807) is 6.92 Å². The van der Waals surface area contributed by atoms with E-state index in [9.17, 15) is 19.7 Å². The maximum atomic E-state index is 11.8. The third-order valence-electron chi connectivity index (χ3n) is 3.44. The molecule has 0 atom stereocenters. The summed E-state index contributed by atoms with van der Waals surface area (Å²) in [5.41, 5.74) is 1.54. The zero-order chi connectivity index (χ0) is 20.0. The fourth-order valence-corrected chi connectivity index (χ4v) is 3.21. The first kappa shape index (κ1) is 20.7. The number of halogens is 1. The van der Waals surface area contributed by atoms with E-state index >= 15 is 0 Å². The van der Waals surface area contributed by atoms with Crippen LogP contribution in [-0.2, 0) is 20.1 Å². The van der Waals surface area contributed by atoms with Gasteiger partial charge < -0.3 is 14.6 Å². The summed E-state index contributed by atoms with van der Waals surface area (Å²) in [6, 6.07) is 3.84. The summed E-state index contributed by atoms with van der Waals surface area (Å²) in [7, 11) is 0. The van der Waals surface area contributed by atoms with Crippen LogP contribution in [0.15, 0.2) is 22.7 Å². The molecule has 1 amide bonds. The molecule has 0 aliphatic heterocycles. The number of rotatable bonds is 8. The number of anilines is 1. The quantitative estimate of drug-likeness (QED) is 0.397. The van der Waals surface area contributed by atoms with Gasteiger partial charge in [0.05, 0.1) is 16.4 Å². The van der Waals surface area contributed by atoms with Crippen LogP contribution in [0.1, 0.15) is 17.0 Å². The number of benzene rings is 1. The van der Waals surface area contributed by atoms with E-state index in [-0.39, 0.29) is 22.2 Å². The lowest BCUT2D eigenvalue weighted by Crippen LogP contribution is -2.21. The highest BCUT2D eigenvalue weighted by Crippen LogP contribution is 2.27. The Morgan fingerprint density at radius 2 is 2.15 bits per heavy atom. The van der Waals surface area contributed by atoms with E-state index in [0.717, 1.165) is 17.3 Å². The standard InChI is InChI=1S/C16H16ClN3O6S/c1-9-12(10(2)26-19-9)7-27-8-16(22)25-6-15(21)18-11-3-4-13(17)14(5-11)20(23)24/h3-5H,6-8H2,1-2H3,(H,18,21). The molecule has 0 spiro atoms. The maximum Gasteiger partial charge on any atom is 0.316 e. The predicted octanol–water partition coefficient (Wildman–Crippen LogP) is 3.27. The largest absolute Gasteiger partial charge is 0.455 e. The molecular weight excluding hydrogens is 398 g/mol. The Bertz CT molecular complexity index is 850. The van der Waals surface area contributed by atoms with Crippen LogP contribution in [0.5, 0.6) is 0 Å². The zero-order valence-corrected chi connectivity index (χ0v) is 16.1. The number of thioether (sulfide) groups is 1. The smallest absolute Gasteiger partial charge is 0.316 e. The molecule has 0 radical (unpaired) electrons. The summed E-state index contributed by atoms with van der Waals surface area (Å²) < 4.78 is 9.92. The van der Waals surface area contributed by atoms with Crippen molar-refractivity contribution >= 4 is 46.6 Å². The van der Waals surface area contributed by atoms with Crippen LogP contribution in [0.3, 0.4) is 0 Å². The van der Waals surface area contributed by atoms with Gasteiger partial charge in [-0.05, 0) is 26.0 Å². The highest BCUT2D eigenvalue weighted by molar-refractivity contribution is 7.99. The molecule has 2 rings (SSSR count). The van der Waals surface area contributed by atoms with Gasteiger partial charge in [0.1, 0.15) is 10.8 Å². The first-order valence-corrected chi connectivity index (χ1v) is 9.20. The van der Waals surface area contributed by atoms with Gasteiger partial charge in [-0.3, -0.25) is 19.7 Å². The normalized spacial score (nSPS) is 10.5. The van der Waals surface area contributed by atoms with Gasteiger partial charge in [-0.15, -0.1) is 11.8 Å². The molecular formula is C16H16ClN3O6S. The van der Waals surface area contributed by atoms with Crippen molar-refractivity contribution < 1.29 is 23.8 Å². The third-order valence-corrected chi connectivity index (χ3v) is 4.69. The monoisotopic (exact) mass is 413 g/mol. The van der Waals surface area contributed by atoms with Gasteiger partial charge in [-0.25, -0.2) is 0 Å². The number of nitrogens with one attached hydrogen (secondary N) is 1. The number of amides is 1. The first-order valence-electron chi connectivity index (χ1n) is 7.67. The minimum absolute atomic E-state index is 0.0419. The number of hydrogen-bond acceptors (Lipinski definition) is 8. The molecule has 1 aromatic carbocycles. The number of nitrogens with zero attached hydrogens (tertiary/aromatic N) is 2. The van der Waals surface area contributed by atoms with E-state index in [4.69, 9.17) is 20.9 Å². The molecule has 0 aliphatic carbocycles. The van der Waals surface area contributed by atoms with Gasteiger partial charge in [-0.2, -0.15) is 0 Å². The number of aromatic nitrogens is 1. The molecule has 27 heavy (non-hydrogen) atoms. The van der Waals surface area contributed by atoms with Gasteiger partial charge in [0.25, 0.3) is 11.6 Å². The van der Waals surface area contributed by atoms with Crippen LogP contribution in [0.25, 0.3) is 0 Å². The summed E-state index contributed by atoms with van der Waals surface area (Å²) in [5.74, 6) is 0.130. The topological polar surface area (TPSA) is 125 Å². The minimum atomic E-state index is -0.659. The van der Waals surface area contributed by atoms with Crippen LogP contribution in [0, 0.1) is 24.0 Å². The van der Waals surface area contributed by atoms with E-state index in [1.165, 1.54) is 23.9 Å². The Balaban J connectivity index is 1.76. The SMILES string of the molecule is Cc1noc(C)c1CSCC(=O)OCC(=O)Nc1ccc(Cl)c([N+](=O)[O-])c1. The third kappa shape index (κ3) is 5.97. The number of carbonyl (C=O) groups excluding carboxylic acids is 2. The van der Waals surface area contributed by atoms with Crippen molar-refractivity contribution in [3.8, 4) is 0 Å². The Labute approximate surface area is 163 Å². The van der Waals surface area contributed by atoms with Crippen LogP contribution in [0.4, 0.5) is 11.4 Å². The number of aryl methyl sites for hydroxylation is 2. The second kappa shape index (κ2) is 9.38. The zero-order valence-electron chi connectivity index (χ0n) is 14.5. The summed E-state index contributed by atoms with van der Waals surface area (Å²) in [5, 5.41) is 17.0. The fraction of sp³-hybridized carbons (Fsp3) is 0.312. The van der Waals surface area contributed by atoms with Crippen molar-refractivity contribution in [2.45, 2.75) is 19.6 Å². The molecule has 0 aliphatic rings. The Morgan fingerprint density at radius 1 is 1.41 bits per heavy atom. The number of nitro groups is 1. The van der Waals surface area contributed by atoms with Crippen molar-refractivity contribution in [1.82, 2.24) is 5.16 Å². The highest BCUT2D eigenvalue weighted by atomic mass is 35.5. The van der Waals surface area contributed by atoms with Gasteiger partial charge >= 0.3 is 5.97 Å². The van der Waals surface area contributed by atoms with Gasteiger partial charge in [0, 0.05) is 23.1 Å². The highest BCUT2D eigenvalue weighted by Gasteiger charge is 2.15. The lowest BCUT2D eigenvalue weighted by Gasteiger charge is -2.07. The van der Waals surface area contributed by atoms with Gasteiger partial charge in [-0.1, -0.05) is 16.8 Å². The van der Waals surface area contributed by atoms with E-state index in [0.29, 0.717) is 11.5 Å². The Kier molecular flexibility index (Phi) is 7.19. The number of ether oxygens (including phenoxy) is 1. The Hall–Kier alpha value is -2.59. The summed E-state index contributed by atoms with van der Waals surface area (Å²) in [6.45, 7) is 3.11. The number of carbonyl (C=O) groups is 2. The van der Waals surface area contributed by atoms with E-state index < -0.39 is 23.4 Å². The second-order valence-electron chi connectivity index (χ2n) is 5.43. The minimum Gasteiger partial charge on any atom is -0.455 e. The van der Waals surface area contributed by atoms with E-state index in [2.05, 4.69) is 10.5 Å². The van der Waals surface area contributed by atoms with Crippen molar-refractivity contribution in [1.29, 1.82) is 0 Å². The number of nitro benzene ring substituents is 1. The van der Waals surface area contributed by atoms with Crippen molar-refractivity contribution in [2.75, 3.05) is 17.7 Å². The molecule has 0 bridgehead atoms. The number of hydrogen-bond donors (Lipinski definition) is 1. The molecule has 144 valence electrons. The van der Waals surface area contributed by atoms with Gasteiger partial charge in [0.2, 0.25) is 0 Å². The van der Waals surface area contributed by atoms with Crippen molar-refractivity contribution in [3.63, 3.8) is 0 Å². The lowest BCUT2D eigenvalue weighted by atomic mass is 10.2. The molecule has 2 aromatic rings. The molecule has 9 nitrogen and oxygen atoms in total. The average molecular weight is 414 g/mol. The van der Waals surface area contributed by atoms with Crippen LogP contribution in [0.2, 0.25) is 5.02 Å². The van der Waals surface area contributed by atoms with Crippen LogP contribution < -0.4 is 5.32 Å². The Morgan fingerprint density at radius 3 is 2.78 bits per heavy atom. The van der Waals surface area contributed by atoms with Crippen LogP contribution >= 0.6 is 23.4 Å². The molecule has 0 saturated carbocycles. The number of esters is 1. The summed E-state index contributed by atoms with van der Waals surface area (Å²) in [6.07, 6.45) is 0. The first-order chi connectivity index (χ1) is 12.8. The predicted molar refractivity (Wildman–Crippen MR) is 99.8 cm³/mol. The second-order valence-corrected chi connectivity index (χ2v) is 6.82. The fourth-order valence-electron chi connectivity index (χ4n) is 2.06.